The molecule has 2 N–H and O–H groups in total. The van der Waals surface area contributed by atoms with Crippen LogP contribution in [0.25, 0.3) is 11.0 Å². The van der Waals surface area contributed by atoms with E-state index in [1.807, 2.05) is 43.3 Å². The van der Waals surface area contributed by atoms with Gasteiger partial charge in [-0.15, -0.1) is 0 Å². The minimum absolute atomic E-state index is 0.117. The number of rotatable bonds is 4. The van der Waals surface area contributed by atoms with E-state index in [9.17, 15) is 9.90 Å². The third-order valence-corrected chi connectivity index (χ3v) is 4.41. The summed E-state index contributed by atoms with van der Waals surface area (Å²) in [6.07, 6.45) is 2.90. The maximum absolute atomic E-state index is 12.7. The molecule has 124 valence electrons. The van der Waals surface area contributed by atoms with Crippen molar-refractivity contribution in [2.24, 2.45) is 0 Å². The summed E-state index contributed by atoms with van der Waals surface area (Å²) in [6, 6.07) is 7.87. The molecule has 5 heteroatoms. The van der Waals surface area contributed by atoms with Gasteiger partial charge in [-0.25, -0.2) is 0 Å². The van der Waals surface area contributed by atoms with E-state index >= 15 is 0 Å². The number of nitrogens with one attached hydrogen (secondary N) is 1. The summed E-state index contributed by atoms with van der Waals surface area (Å²) in [4.78, 5) is 14.7. The summed E-state index contributed by atoms with van der Waals surface area (Å²) in [6.45, 7) is 0.656. The molecule has 0 atom stereocenters. The molecule has 0 unspecified atom stereocenters. The number of carbonyl (C=O) groups is 1. The van der Waals surface area contributed by atoms with Crippen LogP contribution >= 0.6 is 0 Å². The topological polar surface area (TPSA) is 65.7 Å². The number of fused-ring (bicyclic) bond motifs is 1. The molecule has 1 aliphatic rings. The minimum Gasteiger partial charge on any atom is -0.451 e. The van der Waals surface area contributed by atoms with Gasteiger partial charge in [-0.3, -0.25) is 4.79 Å². The monoisotopic (exact) mass is 316 g/mol. The number of nitrogens with zero attached hydrogens (tertiary/aromatic N) is 1. The number of amides is 1. The second kappa shape index (κ2) is 6.72. The first-order chi connectivity index (χ1) is 11.0. The molecule has 1 heterocycles. The molecule has 0 saturated heterocycles. The van der Waals surface area contributed by atoms with E-state index in [0.29, 0.717) is 12.3 Å². The molecule has 1 aromatic heterocycles. The molecule has 3 rings (SSSR count). The van der Waals surface area contributed by atoms with Crippen LogP contribution < -0.4 is 5.32 Å². The van der Waals surface area contributed by atoms with Crippen molar-refractivity contribution < 1.29 is 14.3 Å². The lowest BCUT2D eigenvalue weighted by molar-refractivity contribution is 0.0843. The first-order valence-electron chi connectivity index (χ1n) is 8.18. The van der Waals surface area contributed by atoms with Crippen molar-refractivity contribution in [1.29, 1.82) is 0 Å². The van der Waals surface area contributed by atoms with E-state index in [0.717, 1.165) is 42.2 Å². The van der Waals surface area contributed by atoms with Crippen molar-refractivity contribution in [2.75, 3.05) is 14.1 Å². The molecule has 1 fully saturated rings. The molecule has 2 aromatic rings. The zero-order valence-electron chi connectivity index (χ0n) is 13.7. The third kappa shape index (κ3) is 3.57. The average molecular weight is 316 g/mol. The number of para-hydroxylation sites is 1. The van der Waals surface area contributed by atoms with Gasteiger partial charge in [-0.05, 0) is 45.8 Å². The highest BCUT2D eigenvalue weighted by molar-refractivity contribution is 5.99. The van der Waals surface area contributed by atoms with Crippen LogP contribution in [0.4, 0.5) is 0 Å². The first-order valence-corrected chi connectivity index (χ1v) is 8.18. The van der Waals surface area contributed by atoms with Crippen molar-refractivity contribution in [3.05, 3.63) is 35.6 Å². The van der Waals surface area contributed by atoms with Crippen LogP contribution in [-0.2, 0) is 6.54 Å². The summed E-state index contributed by atoms with van der Waals surface area (Å²) < 4.78 is 5.84. The fourth-order valence-electron chi connectivity index (χ4n) is 3.23. The van der Waals surface area contributed by atoms with Gasteiger partial charge in [-0.1, -0.05) is 18.2 Å². The van der Waals surface area contributed by atoms with E-state index in [1.54, 1.807) is 0 Å². The Morgan fingerprint density at radius 1 is 1.26 bits per heavy atom. The molecule has 0 radical (unpaired) electrons. The molecule has 23 heavy (non-hydrogen) atoms. The molecular formula is C18H24N2O3. The maximum atomic E-state index is 12.7. The standard InChI is InChI=1S/C18H24N2O3/c1-20(2)11-15-14-5-3-4-6-16(14)23-17(15)18(22)19-12-7-9-13(21)10-8-12/h3-6,12-13,21H,7-11H2,1-2H3,(H,19,22). The molecule has 1 aliphatic carbocycles. The predicted molar refractivity (Wildman–Crippen MR) is 89.3 cm³/mol. The van der Waals surface area contributed by atoms with Gasteiger partial charge in [0.2, 0.25) is 0 Å². The van der Waals surface area contributed by atoms with Crippen LogP contribution in [0.3, 0.4) is 0 Å². The Morgan fingerprint density at radius 3 is 2.65 bits per heavy atom. The molecule has 0 bridgehead atoms. The molecule has 1 aromatic carbocycles. The highest BCUT2D eigenvalue weighted by Crippen LogP contribution is 2.27. The van der Waals surface area contributed by atoms with Crippen molar-refractivity contribution in [3.63, 3.8) is 0 Å². The lowest BCUT2D eigenvalue weighted by atomic mass is 9.93. The molecule has 1 amide bonds. The summed E-state index contributed by atoms with van der Waals surface area (Å²) >= 11 is 0. The molecule has 1 saturated carbocycles. The van der Waals surface area contributed by atoms with E-state index in [1.165, 1.54) is 0 Å². The second-order valence-corrected chi connectivity index (χ2v) is 6.62. The Hall–Kier alpha value is -1.85. The van der Waals surface area contributed by atoms with Crippen LogP contribution in [0.1, 0.15) is 41.8 Å². The Labute approximate surface area is 136 Å². The van der Waals surface area contributed by atoms with Crippen LogP contribution in [-0.4, -0.2) is 42.2 Å². The van der Waals surface area contributed by atoms with Crippen LogP contribution in [0.15, 0.2) is 28.7 Å². The zero-order chi connectivity index (χ0) is 16.4. The van der Waals surface area contributed by atoms with E-state index in [-0.39, 0.29) is 18.1 Å². The Balaban J connectivity index is 1.84. The fraction of sp³-hybridized carbons (Fsp3) is 0.500. The number of benzene rings is 1. The molecule has 0 spiro atoms. The van der Waals surface area contributed by atoms with Crippen molar-refractivity contribution in [2.45, 2.75) is 44.4 Å². The highest BCUT2D eigenvalue weighted by atomic mass is 16.3. The lowest BCUT2D eigenvalue weighted by Crippen LogP contribution is -2.38. The number of carbonyl (C=O) groups excluding carboxylic acids is 1. The average Bonchev–Trinajstić information content (AvgIpc) is 2.88. The smallest absolute Gasteiger partial charge is 0.287 e. The Bertz CT molecular complexity index is 685. The largest absolute Gasteiger partial charge is 0.451 e. The van der Waals surface area contributed by atoms with Crippen LogP contribution in [0.2, 0.25) is 0 Å². The Morgan fingerprint density at radius 2 is 1.96 bits per heavy atom. The van der Waals surface area contributed by atoms with Crippen molar-refractivity contribution >= 4 is 16.9 Å². The number of aliphatic hydroxyl groups excluding tert-OH is 1. The highest BCUT2D eigenvalue weighted by Gasteiger charge is 2.25. The van der Waals surface area contributed by atoms with Gasteiger partial charge < -0.3 is 19.7 Å². The van der Waals surface area contributed by atoms with Gasteiger partial charge in [-0.2, -0.15) is 0 Å². The van der Waals surface area contributed by atoms with Crippen molar-refractivity contribution in [1.82, 2.24) is 10.2 Å². The number of furan rings is 1. The first kappa shape index (κ1) is 16.0. The normalized spacial score (nSPS) is 21.7. The SMILES string of the molecule is CN(C)Cc1c(C(=O)NC2CCC(O)CC2)oc2ccccc12. The third-order valence-electron chi connectivity index (χ3n) is 4.41. The number of aliphatic hydroxyl groups is 1. The quantitative estimate of drug-likeness (QED) is 0.910. The van der Waals surface area contributed by atoms with Gasteiger partial charge >= 0.3 is 0 Å². The van der Waals surface area contributed by atoms with E-state index in [4.69, 9.17) is 4.42 Å². The fourth-order valence-corrected chi connectivity index (χ4v) is 3.23. The second-order valence-electron chi connectivity index (χ2n) is 6.62. The van der Waals surface area contributed by atoms with E-state index in [2.05, 4.69) is 5.32 Å². The molecule has 0 aliphatic heterocycles. The van der Waals surface area contributed by atoms with Gasteiger partial charge in [0.15, 0.2) is 5.76 Å². The molecule has 5 nitrogen and oxygen atoms in total. The number of hydrogen-bond donors (Lipinski definition) is 2. The lowest BCUT2D eigenvalue weighted by Gasteiger charge is -2.26. The van der Waals surface area contributed by atoms with Gasteiger partial charge in [0.05, 0.1) is 6.10 Å². The summed E-state index contributed by atoms with van der Waals surface area (Å²) in [5, 5.41) is 13.6. The van der Waals surface area contributed by atoms with Gasteiger partial charge in [0.25, 0.3) is 5.91 Å². The van der Waals surface area contributed by atoms with Crippen LogP contribution in [0.5, 0.6) is 0 Å². The zero-order valence-corrected chi connectivity index (χ0v) is 13.7. The van der Waals surface area contributed by atoms with E-state index < -0.39 is 0 Å². The summed E-state index contributed by atoms with van der Waals surface area (Å²) in [5.41, 5.74) is 1.67. The predicted octanol–water partition coefficient (Wildman–Crippen LogP) is 2.53. The maximum Gasteiger partial charge on any atom is 0.287 e. The number of hydrogen-bond acceptors (Lipinski definition) is 4. The van der Waals surface area contributed by atoms with Gasteiger partial charge in [0.1, 0.15) is 5.58 Å². The minimum atomic E-state index is -0.223. The van der Waals surface area contributed by atoms with Gasteiger partial charge in [0, 0.05) is 23.5 Å². The summed E-state index contributed by atoms with van der Waals surface area (Å²) in [7, 11) is 3.96. The van der Waals surface area contributed by atoms with Crippen LogP contribution in [0, 0.1) is 0 Å². The molecular weight excluding hydrogens is 292 g/mol. The Kier molecular flexibility index (Phi) is 4.68. The summed E-state index contributed by atoms with van der Waals surface area (Å²) in [5.74, 6) is 0.255. The van der Waals surface area contributed by atoms with Crippen molar-refractivity contribution in [3.8, 4) is 0 Å².